The maximum absolute atomic E-state index is 2.69. The van der Waals surface area contributed by atoms with Gasteiger partial charge in [-0.15, -0.1) is 11.3 Å². The molecule has 0 radical (unpaired) electrons. The number of hydrogen-bond donors (Lipinski definition) is 0. The Kier molecular flexibility index (Phi) is 8.30. The van der Waals surface area contributed by atoms with Crippen LogP contribution in [-0.4, -0.2) is 6.04 Å². The number of fused-ring (bicyclic) bond motifs is 9. The van der Waals surface area contributed by atoms with Crippen molar-refractivity contribution < 1.29 is 0 Å². The van der Waals surface area contributed by atoms with E-state index in [0.29, 0.717) is 0 Å². The largest absolute Gasteiger partial charge is 0.332 e. The number of hydrogen-bond acceptors (Lipinski definition) is 2. The number of anilines is 2. The van der Waals surface area contributed by atoms with Gasteiger partial charge in [0.25, 0.3) is 0 Å². The molecule has 0 fully saturated rings. The smallest absolute Gasteiger partial charge is 0.0632 e. The monoisotopic (exact) mass is 813 g/mol. The van der Waals surface area contributed by atoms with E-state index in [0.717, 1.165) is 6.42 Å². The van der Waals surface area contributed by atoms with Crippen molar-refractivity contribution in [3.05, 3.63) is 222 Å². The molecule has 1 nitrogen and oxygen atoms in total. The standard InChI is InChI=1S/C60H47NS/c1-59(2)50-26-12-6-23-47(50)58-46(24-17-27-51(58)59)44-21-9-15-30-55(44)61(53-28-13-7-18-40(53)38-33-35-57-48(36-38)45-22-10-16-31-56(45)62-57)54-29-14-8-19-41(54)39-32-34-43-42-20-5-11-25-49(42)60(3,4)52(43)37-39/h5-27,29-37,53H,28H2,1-4H3. The summed E-state index contributed by atoms with van der Waals surface area (Å²) in [7, 11) is 0. The number of benzene rings is 8. The molecule has 0 saturated heterocycles. The van der Waals surface area contributed by atoms with Crippen LogP contribution >= 0.6 is 11.3 Å². The Morgan fingerprint density at radius 2 is 1.03 bits per heavy atom. The van der Waals surface area contributed by atoms with Crippen LogP contribution in [0.5, 0.6) is 0 Å². The minimum absolute atomic E-state index is 0.0141. The summed E-state index contributed by atoms with van der Waals surface area (Å²) in [6, 6.07) is 66.5. The van der Waals surface area contributed by atoms with Gasteiger partial charge in [-0.2, -0.15) is 0 Å². The first-order chi connectivity index (χ1) is 30.3. The topological polar surface area (TPSA) is 3.24 Å². The minimum Gasteiger partial charge on any atom is -0.332 e. The van der Waals surface area contributed by atoms with Crippen LogP contribution in [0, 0.1) is 0 Å². The molecule has 0 spiro atoms. The van der Waals surface area contributed by atoms with E-state index < -0.39 is 0 Å². The molecule has 2 heteroatoms. The second-order valence-electron chi connectivity index (χ2n) is 18.3. The van der Waals surface area contributed by atoms with Crippen LogP contribution in [0.1, 0.15) is 61.9 Å². The van der Waals surface area contributed by atoms with Gasteiger partial charge in [0.1, 0.15) is 0 Å². The lowest BCUT2D eigenvalue weighted by Gasteiger charge is -2.39. The summed E-state index contributed by atoms with van der Waals surface area (Å²) >= 11 is 1.88. The normalized spacial score (nSPS) is 16.5. The second kappa shape index (κ2) is 13.9. The van der Waals surface area contributed by atoms with Gasteiger partial charge in [0.15, 0.2) is 0 Å². The second-order valence-corrected chi connectivity index (χ2v) is 19.4. The molecule has 1 heterocycles. The van der Waals surface area contributed by atoms with Crippen LogP contribution in [-0.2, 0) is 10.8 Å². The number of allylic oxidation sites excluding steroid dienone is 2. The van der Waals surface area contributed by atoms with E-state index in [1.807, 2.05) is 11.3 Å². The molecule has 3 aliphatic carbocycles. The van der Waals surface area contributed by atoms with Crippen LogP contribution < -0.4 is 4.90 Å². The van der Waals surface area contributed by atoms with Gasteiger partial charge in [-0.05, 0) is 110 Å². The average molecular weight is 814 g/mol. The van der Waals surface area contributed by atoms with Crippen molar-refractivity contribution in [3.63, 3.8) is 0 Å². The SMILES string of the molecule is CC1(C)c2ccccc2-c2ccc(-c3ccccc3N(c3ccccc3-c3cccc4c3-c3ccccc3C4(C)C)C3CC=CC=C3c3ccc4sc5ccccc5c4c3)cc21. The Balaban J connectivity index is 1.09. The minimum atomic E-state index is -0.102. The zero-order valence-electron chi connectivity index (χ0n) is 35.6. The van der Waals surface area contributed by atoms with Crippen molar-refractivity contribution in [2.24, 2.45) is 0 Å². The van der Waals surface area contributed by atoms with Crippen molar-refractivity contribution in [1.82, 2.24) is 0 Å². The molecular weight excluding hydrogens is 767 g/mol. The van der Waals surface area contributed by atoms with Gasteiger partial charge in [0, 0.05) is 53.5 Å². The Bertz CT molecular complexity index is 3350. The average Bonchev–Trinajstić information content (AvgIpc) is 3.89. The molecule has 1 atom stereocenters. The molecule has 12 rings (SSSR count). The van der Waals surface area contributed by atoms with Crippen molar-refractivity contribution in [3.8, 4) is 44.5 Å². The zero-order chi connectivity index (χ0) is 41.7. The van der Waals surface area contributed by atoms with E-state index in [4.69, 9.17) is 0 Å². The summed E-state index contributed by atoms with van der Waals surface area (Å²) in [6.45, 7) is 9.52. The van der Waals surface area contributed by atoms with E-state index in [2.05, 4.69) is 227 Å². The molecular formula is C60H47NS. The summed E-state index contributed by atoms with van der Waals surface area (Å²) in [5.41, 5.74) is 20.7. The summed E-state index contributed by atoms with van der Waals surface area (Å²) in [4.78, 5) is 2.69. The highest BCUT2D eigenvalue weighted by atomic mass is 32.1. The number of para-hydroxylation sites is 2. The molecule has 9 aromatic rings. The van der Waals surface area contributed by atoms with Crippen molar-refractivity contribution in [2.75, 3.05) is 4.90 Å². The van der Waals surface area contributed by atoms with E-state index in [1.165, 1.54) is 109 Å². The predicted molar refractivity (Wildman–Crippen MR) is 266 cm³/mol. The first kappa shape index (κ1) is 37.1. The highest BCUT2D eigenvalue weighted by Gasteiger charge is 2.39. The number of rotatable bonds is 6. The predicted octanol–water partition coefficient (Wildman–Crippen LogP) is 16.6. The Morgan fingerprint density at radius 1 is 0.452 bits per heavy atom. The van der Waals surface area contributed by atoms with Gasteiger partial charge in [-0.3, -0.25) is 0 Å². The molecule has 298 valence electrons. The maximum Gasteiger partial charge on any atom is 0.0632 e. The molecule has 0 aliphatic heterocycles. The Morgan fingerprint density at radius 3 is 1.85 bits per heavy atom. The fourth-order valence-corrected chi connectivity index (χ4v) is 12.3. The van der Waals surface area contributed by atoms with E-state index in [-0.39, 0.29) is 16.9 Å². The van der Waals surface area contributed by atoms with Crippen molar-refractivity contribution in [1.29, 1.82) is 0 Å². The van der Waals surface area contributed by atoms with E-state index in [1.54, 1.807) is 0 Å². The quantitative estimate of drug-likeness (QED) is 0.162. The molecule has 0 N–H and O–H groups in total. The van der Waals surface area contributed by atoms with E-state index >= 15 is 0 Å². The van der Waals surface area contributed by atoms with Crippen molar-refractivity contribution in [2.45, 2.75) is 51.0 Å². The van der Waals surface area contributed by atoms with Gasteiger partial charge < -0.3 is 4.90 Å². The van der Waals surface area contributed by atoms with Crippen LogP contribution in [0.3, 0.4) is 0 Å². The zero-order valence-corrected chi connectivity index (χ0v) is 36.4. The van der Waals surface area contributed by atoms with Crippen LogP contribution in [0.15, 0.2) is 194 Å². The first-order valence-electron chi connectivity index (χ1n) is 22.0. The lowest BCUT2D eigenvalue weighted by Crippen LogP contribution is -2.33. The Labute approximate surface area is 369 Å². The lowest BCUT2D eigenvalue weighted by molar-refractivity contribution is 0.660. The number of nitrogens with zero attached hydrogens (tertiary/aromatic N) is 1. The highest BCUT2D eigenvalue weighted by molar-refractivity contribution is 7.25. The van der Waals surface area contributed by atoms with Crippen LogP contribution in [0.25, 0.3) is 70.3 Å². The first-order valence-corrected chi connectivity index (χ1v) is 22.8. The fourth-order valence-electron chi connectivity index (χ4n) is 11.2. The van der Waals surface area contributed by atoms with Gasteiger partial charge in [0.05, 0.1) is 6.04 Å². The molecule has 1 aromatic heterocycles. The molecule has 8 aromatic carbocycles. The van der Waals surface area contributed by atoms with Crippen LogP contribution in [0.4, 0.5) is 11.4 Å². The van der Waals surface area contributed by atoms with Crippen molar-refractivity contribution >= 4 is 48.5 Å². The third-order valence-electron chi connectivity index (χ3n) is 14.3. The van der Waals surface area contributed by atoms with E-state index in [9.17, 15) is 0 Å². The van der Waals surface area contributed by atoms with Gasteiger partial charge in [-0.25, -0.2) is 0 Å². The molecule has 0 bridgehead atoms. The maximum atomic E-state index is 2.69. The molecule has 1 unspecified atom stereocenters. The summed E-state index contributed by atoms with van der Waals surface area (Å²) in [6.07, 6.45) is 7.86. The third kappa shape index (κ3) is 5.46. The molecule has 0 amide bonds. The highest BCUT2D eigenvalue weighted by Crippen LogP contribution is 2.55. The third-order valence-corrected chi connectivity index (χ3v) is 15.4. The van der Waals surface area contributed by atoms with Gasteiger partial charge >= 0.3 is 0 Å². The van der Waals surface area contributed by atoms with Gasteiger partial charge in [-0.1, -0.05) is 185 Å². The Hall–Kier alpha value is -6.74. The molecule has 62 heavy (non-hydrogen) atoms. The summed E-state index contributed by atoms with van der Waals surface area (Å²) in [5, 5.41) is 2.65. The van der Waals surface area contributed by atoms with Gasteiger partial charge in [0.2, 0.25) is 0 Å². The molecule has 0 saturated carbocycles. The number of thiophene rings is 1. The molecule has 3 aliphatic rings. The summed E-state index contributed by atoms with van der Waals surface area (Å²) < 4.78 is 2.66. The lowest BCUT2D eigenvalue weighted by atomic mass is 9.81. The fraction of sp³-hybridized carbons (Fsp3) is 0.133. The van der Waals surface area contributed by atoms with Crippen LogP contribution in [0.2, 0.25) is 0 Å². The summed E-state index contributed by atoms with van der Waals surface area (Å²) in [5.74, 6) is 0.